The fourth-order valence-corrected chi connectivity index (χ4v) is 2.49. The molecule has 0 saturated heterocycles. The van der Waals surface area contributed by atoms with Gasteiger partial charge in [0, 0.05) is 17.0 Å². The van der Waals surface area contributed by atoms with Gasteiger partial charge in [-0.2, -0.15) is 0 Å². The maximum atomic E-state index is 12.1. The van der Waals surface area contributed by atoms with Crippen LogP contribution in [0.3, 0.4) is 0 Å². The normalized spacial score (nSPS) is 10.8. The van der Waals surface area contributed by atoms with Crippen LogP contribution in [0.5, 0.6) is 0 Å². The second-order valence-electron chi connectivity index (χ2n) is 4.91. The predicted molar refractivity (Wildman–Crippen MR) is 88.6 cm³/mol. The molecule has 2 aromatic heterocycles. The number of rotatable bonds is 4. The molecule has 3 aromatic rings. The second kappa shape index (κ2) is 6.38. The van der Waals surface area contributed by atoms with Crippen molar-refractivity contribution in [2.75, 3.05) is 6.54 Å². The van der Waals surface area contributed by atoms with Crippen molar-refractivity contribution in [1.29, 1.82) is 0 Å². The van der Waals surface area contributed by atoms with Crippen molar-refractivity contribution in [3.8, 4) is 0 Å². The quantitative estimate of drug-likeness (QED) is 0.712. The standard InChI is InChI=1S/C16H13Cl2N3O/c17-12-3-1-10(2-4-12)5-6-19-16(22)13-7-11-8-15(18)20-9-14(11)21-13/h1-4,7-9,21H,5-6H2,(H,19,22). The van der Waals surface area contributed by atoms with Gasteiger partial charge in [0.1, 0.15) is 10.8 Å². The van der Waals surface area contributed by atoms with E-state index < -0.39 is 0 Å². The van der Waals surface area contributed by atoms with Crippen LogP contribution >= 0.6 is 23.2 Å². The first-order valence-corrected chi connectivity index (χ1v) is 7.54. The zero-order chi connectivity index (χ0) is 15.5. The van der Waals surface area contributed by atoms with Crippen molar-refractivity contribution < 1.29 is 4.79 Å². The van der Waals surface area contributed by atoms with Crippen molar-refractivity contribution in [2.45, 2.75) is 6.42 Å². The second-order valence-corrected chi connectivity index (χ2v) is 5.73. The van der Waals surface area contributed by atoms with Crippen molar-refractivity contribution in [1.82, 2.24) is 15.3 Å². The number of nitrogens with zero attached hydrogens (tertiary/aromatic N) is 1. The van der Waals surface area contributed by atoms with Crippen molar-refractivity contribution in [3.63, 3.8) is 0 Å². The minimum atomic E-state index is -0.152. The van der Waals surface area contributed by atoms with Gasteiger partial charge in [-0.05, 0) is 36.2 Å². The summed E-state index contributed by atoms with van der Waals surface area (Å²) in [5.41, 5.74) is 2.40. The molecule has 0 unspecified atom stereocenters. The van der Waals surface area contributed by atoms with Crippen LogP contribution in [-0.4, -0.2) is 22.4 Å². The van der Waals surface area contributed by atoms with E-state index in [0.717, 1.165) is 22.9 Å². The average molecular weight is 334 g/mol. The molecule has 2 N–H and O–H groups in total. The summed E-state index contributed by atoms with van der Waals surface area (Å²) in [6.45, 7) is 0.550. The predicted octanol–water partition coefficient (Wildman–Crippen LogP) is 3.84. The number of fused-ring (bicyclic) bond motifs is 1. The Hall–Kier alpha value is -2.04. The third-order valence-corrected chi connectivity index (χ3v) is 3.79. The highest BCUT2D eigenvalue weighted by Crippen LogP contribution is 2.17. The van der Waals surface area contributed by atoms with Gasteiger partial charge in [-0.1, -0.05) is 35.3 Å². The lowest BCUT2D eigenvalue weighted by molar-refractivity contribution is 0.0950. The minimum Gasteiger partial charge on any atom is -0.350 e. The zero-order valence-corrected chi connectivity index (χ0v) is 13.1. The summed E-state index contributed by atoms with van der Waals surface area (Å²) in [6, 6.07) is 11.1. The highest BCUT2D eigenvalue weighted by molar-refractivity contribution is 6.30. The molecular weight excluding hydrogens is 321 g/mol. The lowest BCUT2D eigenvalue weighted by atomic mass is 10.1. The number of aromatic nitrogens is 2. The molecule has 2 heterocycles. The smallest absolute Gasteiger partial charge is 0.267 e. The molecule has 0 fully saturated rings. The van der Waals surface area contributed by atoms with Crippen LogP contribution in [-0.2, 0) is 6.42 Å². The van der Waals surface area contributed by atoms with Gasteiger partial charge in [-0.3, -0.25) is 4.79 Å². The third-order valence-electron chi connectivity index (χ3n) is 3.33. The van der Waals surface area contributed by atoms with E-state index in [0.29, 0.717) is 22.4 Å². The number of hydrogen-bond donors (Lipinski definition) is 2. The number of halogens is 2. The Bertz CT molecular complexity index is 812. The first-order chi connectivity index (χ1) is 10.6. The molecule has 0 bridgehead atoms. The highest BCUT2D eigenvalue weighted by atomic mass is 35.5. The molecule has 3 rings (SSSR count). The monoisotopic (exact) mass is 333 g/mol. The summed E-state index contributed by atoms with van der Waals surface area (Å²) in [5, 5.41) is 4.86. The fourth-order valence-electron chi connectivity index (χ4n) is 2.19. The van der Waals surface area contributed by atoms with Crippen molar-refractivity contribution in [3.05, 3.63) is 64.0 Å². The number of H-pyrrole nitrogens is 1. The molecule has 0 spiro atoms. The van der Waals surface area contributed by atoms with Crippen LogP contribution in [0, 0.1) is 0 Å². The number of carbonyl (C=O) groups is 1. The molecule has 6 heteroatoms. The van der Waals surface area contributed by atoms with Gasteiger partial charge in [-0.15, -0.1) is 0 Å². The van der Waals surface area contributed by atoms with Crippen molar-refractivity contribution in [2.24, 2.45) is 0 Å². The Morgan fingerprint density at radius 3 is 2.73 bits per heavy atom. The van der Waals surface area contributed by atoms with Crippen LogP contribution in [0.25, 0.3) is 10.9 Å². The fraction of sp³-hybridized carbons (Fsp3) is 0.125. The lowest BCUT2D eigenvalue weighted by Crippen LogP contribution is -2.25. The van der Waals surface area contributed by atoms with Crippen LogP contribution in [0.15, 0.2) is 42.6 Å². The number of benzene rings is 1. The SMILES string of the molecule is O=C(NCCc1ccc(Cl)cc1)c1cc2cc(Cl)ncc2[nH]1. The van der Waals surface area contributed by atoms with Gasteiger partial charge in [0.25, 0.3) is 5.91 Å². The molecular formula is C16H13Cl2N3O. The van der Waals surface area contributed by atoms with E-state index in [-0.39, 0.29) is 5.91 Å². The topological polar surface area (TPSA) is 57.8 Å². The molecule has 0 aliphatic heterocycles. The molecule has 4 nitrogen and oxygen atoms in total. The maximum absolute atomic E-state index is 12.1. The number of aromatic amines is 1. The largest absolute Gasteiger partial charge is 0.350 e. The van der Waals surface area contributed by atoms with E-state index >= 15 is 0 Å². The molecule has 1 aromatic carbocycles. The maximum Gasteiger partial charge on any atom is 0.267 e. The first-order valence-electron chi connectivity index (χ1n) is 6.79. The Morgan fingerprint density at radius 1 is 1.18 bits per heavy atom. The van der Waals surface area contributed by atoms with Crippen LogP contribution in [0.4, 0.5) is 0 Å². The first kappa shape index (κ1) is 14.9. The summed E-state index contributed by atoms with van der Waals surface area (Å²) < 4.78 is 0. The number of amides is 1. The molecule has 0 atom stereocenters. The van der Waals surface area contributed by atoms with Gasteiger partial charge in [0.15, 0.2) is 0 Å². The van der Waals surface area contributed by atoms with Crippen LogP contribution < -0.4 is 5.32 Å². The summed E-state index contributed by atoms with van der Waals surface area (Å²) in [5.74, 6) is -0.152. The average Bonchev–Trinajstić information content (AvgIpc) is 2.92. The van der Waals surface area contributed by atoms with E-state index in [1.54, 1.807) is 18.3 Å². The Morgan fingerprint density at radius 2 is 1.95 bits per heavy atom. The summed E-state index contributed by atoms with van der Waals surface area (Å²) >= 11 is 11.7. The van der Waals surface area contributed by atoms with E-state index in [4.69, 9.17) is 23.2 Å². The van der Waals surface area contributed by atoms with Gasteiger partial charge in [0.2, 0.25) is 0 Å². The van der Waals surface area contributed by atoms with Gasteiger partial charge in [0.05, 0.1) is 11.7 Å². The molecule has 0 radical (unpaired) electrons. The Kier molecular flexibility index (Phi) is 4.32. The molecule has 22 heavy (non-hydrogen) atoms. The minimum absolute atomic E-state index is 0.152. The number of nitrogens with one attached hydrogen (secondary N) is 2. The van der Waals surface area contributed by atoms with E-state index in [2.05, 4.69) is 15.3 Å². The summed E-state index contributed by atoms with van der Waals surface area (Å²) in [6.07, 6.45) is 2.36. The molecule has 0 aliphatic carbocycles. The number of hydrogen-bond acceptors (Lipinski definition) is 2. The molecule has 1 amide bonds. The summed E-state index contributed by atoms with van der Waals surface area (Å²) in [4.78, 5) is 19.1. The van der Waals surface area contributed by atoms with Crippen LogP contribution in [0.2, 0.25) is 10.2 Å². The van der Waals surface area contributed by atoms with Gasteiger partial charge in [-0.25, -0.2) is 4.98 Å². The summed E-state index contributed by atoms with van der Waals surface area (Å²) in [7, 11) is 0. The lowest BCUT2D eigenvalue weighted by Gasteiger charge is -2.04. The highest BCUT2D eigenvalue weighted by Gasteiger charge is 2.09. The number of carbonyl (C=O) groups excluding carboxylic acids is 1. The number of pyridine rings is 1. The molecule has 0 saturated carbocycles. The molecule has 0 aliphatic rings. The van der Waals surface area contributed by atoms with Gasteiger partial charge >= 0.3 is 0 Å². The Labute approximate surface area is 137 Å². The zero-order valence-electron chi connectivity index (χ0n) is 11.6. The van der Waals surface area contributed by atoms with E-state index in [9.17, 15) is 4.79 Å². The van der Waals surface area contributed by atoms with Gasteiger partial charge < -0.3 is 10.3 Å². The van der Waals surface area contributed by atoms with Crippen LogP contribution in [0.1, 0.15) is 16.1 Å². The Balaban J connectivity index is 1.62. The molecule has 112 valence electrons. The van der Waals surface area contributed by atoms with Crippen molar-refractivity contribution >= 4 is 40.0 Å². The van der Waals surface area contributed by atoms with E-state index in [1.165, 1.54) is 0 Å². The third kappa shape index (κ3) is 3.40. The van der Waals surface area contributed by atoms with E-state index in [1.807, 2.05) is 24.3 Å².